The molecule has 27 heavy (non-hydrogen) atoms. The standard InChI is InChI=1S/C19H14F3N5/c20-19(21,22)15-7-3-4-8-17(15)27-24-16(11-23)18(25-27)26-10-9-13-5-1-2-6-14(13)12-26/h1-8H,9-10,12H2. The highest BCUT2D eigenvalue weighted by molar-refractivity contribution is 5.53. The molecule has 8 heteroatoms. The molecular weight excluding hydrogens is 355 g/mol. The van der Waals surface area contributed by atoms with Crippen molar-refractivity contribution in [3.8, 4) is 11.8 Å². The molecule has 0 amide bonds. The summed E-state index contributed by atoms with van der Waals surface area (Å²) in [5.41, 5.74) is 1.29. The second-order valence-electron chi connectivity index (χ2n) is 6.23. The van der Waals surface area contributed by atoms with Crippen LogP contribution in [0.25, 0.3) is 5.69 Å². The van der Waals surface area contributed by atoms with Gasteiger partial charge in [-0.05, 0) is 29.7 Å². The molecule has 0 saturated heterocycles. The molecule has 1 aliphatic rings. The fourth-order valence-corrected chi connectivity index (χ4v) is 3.26. The van der Waals surface area contributed by atoms with Gasteiger partial charge in [0.15, 0.2) is 5.82 Å². The summed E-state index contributed by atoms with van der Waals surface area (Å²) in [6, 6.07) is 15.0. The molecule has 0 N–H and O–H groups in total. The number of hydrogen-bond acceptors (Lipinski definition) is 4. The van der Waals surface area contributed by atoms with Crippen molar-refractivity contribution in [2.24, 2.45) is 0 Å². The van der Waals surface area contributed by atoms with Crippen molar-refractivity contribution < 1.29 is 13.2 Å². The summed E-state index contributed by atoms with van der Waals surface area (Å²) in [6.07, 6.45) is -3.77. The number of alkyl halides is 3. The maximum Gasteiger partial charge on any atom is 0.418 e. The Morgan fingerprint density at radius 1 is 0.963 bits per heavy atom. The van der Waals surface area contributed by atoms with Crippen LogP contribution in [0, 0.1) is 11.3 Å². The van der Waals surface area contributed by atoms with E-state index in [-0.39, 0.29) is 11.4 Å². The van der Waals surface area contributed by atoms with Crippen molar-refractivity contribution in [3.63, 3.8) is 0 Å². The highest BCUT2D eigenvalue weighted by Crippen LogP contribution is 2.34. The number of anilines is 1. The first-order valence-electron chi connectivity index (χ1n) is 8.33. The highest BCUT2D eigenvalue weighted by atomic mass is 19.4. The first kappa shape index (κ1) is 17.1. The maximum atomic E-state index is 13.3. The zero-order valence-corrected chi connectivity index (χ0v) is 14.1. The molecule has 0 fully saturated rings. The average molecular weight is 369 g/mol. The number of para-hydroxylation sites is 1. The summed E-state index contributed by atoms with van der Waals surface area (Å²) in [7, 11) is 0. The van der Waals surface area contributed by atoms with E-state index in [1.807, 2.05) is 35.2 Å². The Hall–Kier alpha value is -3.34. The predicted octanol–water partition coefficient (Wildman–Crippen LogP) is 3.72. The van der Waals surface area contributed by atoms with E-state index in [1.54, 1.807) is 0 Å². The van der Waals surface area contributed by atoms with Gasteiger partial charge in [0.1, 0.15) is 6.07 Å². The lowest BCUT2D eigenvalue weighted by Crippen LogP contribution is -2.31. The summed E-state index contributed by atoms with van der Waals surface area (Å²) in [5, 5.41) is 17.7. The zero-order valence-electron chi connectivity index (χ0n) is 14.1. The van der Waals surface area contributed by atoms with Crippen LogP contribution in [0.1, 0.15) is 22.4 Å². The zero-order chi connectivity index (χ0) is 19.0. The molecule has 2 aromatic carbocycles. The van der Waals surface area contributed by atoms with Crippen LogP contribution in [0.5, 0.6) is 0 Å². The number of nitriles is 1. The van der Waals surface area contributed by atoms with E-state index >= 15 is 0 Å². The van der Waals surface area contributed by atoms with Crippen LogP contribution in [-0.2, 0) is 19.1 Å². The number of rotatable bonds is 2. The Balaban J connectivity index is 1.75. The number of fused-ring (bicyclic) bond motifs is 1. The molecule has 1 aromatic heterocycles. The van der Waals surface area contributed by atoms with Gasteiger partial charge in [-0.25, -0.2) is 0 Å². The van der Waals surface area contributed by atoms with Gasteiger partial charge in [-0.2, -0.15) is 18.4 Å². The first-order chi connectivity index (χ1) is 13.0. The lowest BCUT2D eigenvalue weighted by atomic mass is 10.00. The quantitative estimate of drug-likeness (QED) is 0.691. The second-order valence-corrected chi connectivity index (χ2v) is 6.23. The van der Waals surface area contributed by atoms with E-state index in [9.17, 15) is 18.4 Å². The monoisotopic (exact) mass is 369 g/mol. The Bertz CT molecular complexity index is 1030. The Morgan fingerprint density at radius 2 is 1.67 bits per heavy atom. The van der Waals surface area contributed by atoms with Gasteiger partial charge >= 0.3 is 6.18 Å². The second kappa shape index (κ2) is 6.43. The molecule has 3 aromatic rings. The molecular formula is C19H14F3N5. The van der Waals surface area contributed by atoms with Crippen LogP contribution in [0.15, 0.2) is 48.5 Å². The number of aromatic nitrogens is 3. The maximum absolute atomic E-state index is 13.3. The fraction of sp³-hybridized carbons (Fsp3) is 0.211. The van der Waals surface area contributed by atoms with E-state index in [2.05, 4.69) is 10.2 Å². The predicted molar refractivity (Wildman–Crippen MR) is 92.3 cm³/mol. The van der Waals surface area contributed by atoms with Crippen molar-refractivity contribution >= 4 is 5.82 Å². The van der Waals surface area contributed by atoms with Crippen LogP contribution in [0.2, 0.25) is 0 Å². The molecule has 0 atom stereocenters. The Morgan fingerprint density at radius 3 is 2.41 bits per heavy atom. The van der Waals surface area contributed by atoms with E-state index in [1.165, 1.54) is 23.8 Å². The van der Waals surface area contributed by atoms with E-state index in [0.29, 0.717) is 18.9 Å². The topological polar surface area (TPSA) is 57.7 Å². The third-order valence-corrected chi connectivity index (χ3v) is 4.56. The first-order valence-corrected chi connectivity index (χ1v) is 8.33. The Labute approximate surface area is 153 Å². The van der Waals surface area contributed by atoms with Crippen molar-refractivity contribution in [1.29, 1.82) is 5.26 Å². The lowest BCUT2D eigenvalue weighted by Gasteiger charge is -2.28. The smallest absolute Gasteiger partial charge is 0.348 e. The number of benzene rings is 2. The van der Waals surface area contributed by atoms with E-state index in [4.69, 9.17) is 0 Å². The number of nitrogens with zero attached hydrogens (tertiary/aromatic N) is 5. The van der Waals surface area contributed by atoms with Gasteiger partial charge in [0.25, 0.3) is 0 Å². The van der Waals surface area contributed by atoms with Crippen molar-refractivity contribution in [2.75, 3.05) is 11.4 Å². The minimum atomic E-state index is -4.54. The normalized spacial score (nSPS) is 13.9. The van der Waals surface area contributed by atoms with Crippen LogP contribution >= 0.6 is 0 Å². The molecule has 0 unspecified atom stereocenters. The van der Waals surface area contributed by atoms with Crippen LogP contribution in [-0.4, -0.2) is 21.5 Å². The summed E-state index contributed by atoms with van der Waals surface area (Å²) < 4.78 is 39.9. The van der Waals surface area contributed by atoms with Gasteiger partial charge < -0.3 is 4.90 Å². The fourth-order valence-electron chi connectivity index (χ4n) is 3.26. The van der Waals surface area contributed by atoms with Gasteiger partial charge in [-0.15, -0.1) is 15.0 Å². The van der Waals surface area contributed by atoms with E-state index < -0.39 is 11.7 Å². The van der Waals surface area contributed by atoms with Crippen LogP contribution in [0.4, 0.5) is 19.0 Å². The van der Waals surface area contributed by atoms with Gasteiger partial charge in [-0.3, -0.25) is 0 Å². The van der Waals surface area contributed by atoms with Crippen LogP contribution in [0.3, 0.4) is 0 Å². The highest BCUT2D eigenvalue weighted by Gasteiger charge is 2.35. The van der Waals surface area contributed by atoms with Gasteiger partial charge in [0, 0.05) is 13.1 Å². The molecule has 0 bridgehead atoms. The van der Waals surface area contributed by atoms with Gasteiger partial charge in [-0.1, -0.05) is 36.4 Å². The van der Waals surface area contributed by atoms with Gasteiger partial charge in [0.05, 0.1) is 11.3 Å². The summed E-state index contributed by atoms with van der Waals surface area (Å²) in [4.78, 5) is 2.78. The van der Waals surface area contributed by atoms with E-state index in [0.717, 1.165) is 22.8 Å². The molecule has 1 aliphatic heterocycles. The largest absolute Gasteiger partial charge is 0.418 e. The third-order valence-electron chi connectivity index (χ3n) is 4.56. The minimum Gasteiger partial charge on any atom is -0.348 e. The molecule has 0 spiro atoms. The minimum absolute atomic E-state index is 0.00589. The lowest BCUT2D eigenvalue weighted by molar-refractivity contribution is -0.137. The molecule has 0 aliphatic carbocycles. The molecule has 2 heterocycles. The van der Waals surface area contributed by atoms with Crippen LogP contribution < -0.4 is 4.90 Å². The Kier molecular flexibility index (Phi) is 4.07. The summed E-state index contributed by atoms with van der Waals surface area (Å²) in [6.45, 7) is 1.15. The van der Waals surface area contributed by atoms with Crippen molar-refractivity contribution in [2.45, 2.75) is 19.1 Å². The SMILES string of the molecule is N#Cc1nn(-c2ccccc2C(F)(F)F)nc1N1CCc2ccccc2C1. The molecule has 0 saturated carbocycles. The molecule has 5 nitrogen and oxygen atoms in total. The number of halogens is 3. The van der Waals surface area contributed by atoms with Gasteiger partial charge in [0.2, 0.25) is 5.69 Å². The average Bonchev–Trinajstić information content (AvgIpc) is 3.11. The molecule has 4 rings (SSSR count). The summed E-state index contributed by atoms with van der Waals surface area (Å²) in [5.74, 6) is 0.295. The summed E-state index contributed by atoms with van der Waals surface area (Å²) >= 11 is 0. The van der Waals surface area contributed by atoms with Crippen molar-refractivity contribution in [1.82, 2.24) is 15.0 Å². The molecule has 0 radical (unpaired) electrons. The third kappa shape index (κ3) is 3.12. The van der Waals surface area contributed by atoms with Crippen molar-refractivity contribution in [3.05, 3.63) is 70.9 Å². The number of hydrogen-bond donors (Lipinski definition) is 0. The molecule has 136 valence electrons.